The number of benzene rings is 1. The molecule has 1 fully saturated rings. The number of rotatable bonds is 5. The Balaban J connectivity index is 2.05. The highest BCUT2D eigenvalue weighted by molar-refractivity contribution is 7.92. The molecule has 1 aromatic rings. The van der Waals surface area contributed by atoms with Gasteiger partial charge in [0, 0.05) is 6.42 Å². The number of hydrogen-bond donors (Lipinski definition) is 3. The first kappa shape index (κ1) is 15.1. The molecule has 8 heteroatoms. The van der Waals surface area contributed by atoms with Gasteiger partial charge in [-0.05, 0) is 37.2 Å². The van der Waals surface area contributed by atoms with Crippen molar-refractivity contribution in [3.8, 4) is 0 Å². The van der Waals surface area contributed by atoms with Crippen LogP contribution in [0.25, 0.3) is 0 Å². The van der Waals surface area contributed by atoms with Crippen molar-refractivity contribution in [3.63, 3.8) is 0 Å². The first-order chi connectivity index (χ1) is 9.33. The van der Waals surface area contributed by atoms with Crippen LogP contribution in [0.1, 0.15) is 6.42 Å². The molecule has 0 aliphatic carbocycles. The van der Waals surface area contributed by atoms with Crippen LogP contribution in [0.5, 0.6) is 0 Å². The molecule has 0 bridgehead atoms. The normalized spacial score (nSPS) is 15.5. The van der Waals surface area contributed by atoms with Crippen molar-refractivity contribution in [1.29, 1.82) is 0 Å². The first-order valence-electron chi connectivity index (χ1n) is 6.11. The van der Waals surface area contributed by atoms with Crippen molar-refractivity contribution in [2.24, 2.45) is 5.92 Å². The Labute approximate surface area is 122 Å². The summed E-state index contributed by atoms with van der Waals surface area (Å²) in [7, 11) is -3.36. The van der Waals surface area contributed by atoms with Gasteiger partial charge in [0.05, 0.1) is 22.7 Å². The number of sulfonamides is 1. The highest BCUT2D eigenvalue weighted by Gasteiger charge is 2.20. The number of carbonyl (C=O) groups excluding carboxylic acids is 1. The maximum Gasteiger partial charge on any atom is 0.229 e. The standard InChI is InChI=1S/C12H16ClN3O3S/c1-20(18,19)16-9-2-3-10(13)11(5-9)15-12(17)4-8-6-14-7-8/h2-3,5,8,14,16H,4,6-7H2,1H3,(H,15,17). The highest BCUT2D eigenvalue weighted by Crippen LogP contribution is 2.26. The molecule has 0 saturated carbocycles. The van der Waals surface area contributed by atoms with Crippen molar-refractivity contribution in [1.82, 2.24) is 5.32 Å². The molecule has 1 heterocycles. The van der Waals surface area contributed by atoms with Crippen LogP contribution in [0.2, 0.25) is 5.02 Å². The zero-order valence-electron chi connectivity index (χ0n) is 10.9. The van der Waals surface area contributed by atoms with E-state index < -0.39 is 10.0 Å². The highest BCUT2D eigenvalue weighted by atomic mass is 35.5. The summed E-state index contributed by atoms with van der Waals surface area (Å²) in [5.41, 5.74) is 0.759. The number of anilines is 2. The van der Waals surface area contributed by atoms with Gasteiger partial charge in [-0.15, -0.1) is 0 Å². The van der Waals surface area contributed by atoms with E-state index in [0.717, 1.165) is 19.3 Å². The van der Waals surface area contributed by atoms with Crippen LogP contribution in [-0.4, -0.2) is 33.7 Å². The van der Waals surface area contributed by atoms with Gasteiger partial charge in [-0.3, -0.25) is 9.52 Å². The average molecular weight is 318 g/mol. The van der Waals surface area contributed by atoms with E-state index in [-0.39, 0.29) is 5.91 Å². The fourth-order valence-corrected chi connectivity index (χ4v) is 2.57. The largest absolute Gasteiger partial charge is 0.325 e. The summed E-state index contributed by atoms with van der Waals surface area (Å²) in [4.78, 5) is 11.8. The van der Waals surface area contributed by atoms with Crippen molar-refractivity contribution >= 4 is 38.9 Å². The van der Waals surface area contributed by atoms with Crippen LogP contribution in [0.15, 0.2) is 18.2 Å². The molecule has 0 unspecified atom stereocenters. The van der Waals surface area contributed by atoms with Gasteiger partial charge >= 0.3 is 0 Å². The quantitative estimate of drug-likeness (QED) is 0.763. The van der Waals surface area contributed by atoms with E-state index in [1.165, 1.54) is 18.2 Å². The maximum atomic E-state index is 11.8. The summed E-state index contributed by atoms with van der Waals surface area (Å²) in [5.74, 6) is 0.223. The predicted octanol–water partition coefficient (Wildman–Crippen LogP) is 1.26. The summed E-state index contributed by atoms with van der Waals surface area (Å²) >= 11 is 5.99. The summed E-state index contributed by atoms with van der Waals surface area (Å²) in [6, 6.07) is 4.57. The molecule has 1 aromatic carbocycles. The van der Waals surface area contributed by atoms with Gasteiger partial charge in [0.1, 0.15) is 0 Å². The molecule has 1 aliphatic rings. The van der Waals surface area contributed by atoms with Crippen molar-refractivity contribution in [2.75, 3.05) is 29.4 Å². The van der Waals surface area contributed by atoms with Gasteiger partial charge in [0.2, 0.25) is 15.9 Å². The summed E-state index contributed by atoms with van der Waals surface area (Å²) in [5, 5.41) is 6.16. The molecular formula is C12H16ClN3O3S. The zero-order valence-corrected chi connectivity index (χ0v) is 12.5. The first-order valence-corrected chi connectivity index (χ1v) is 8.38. The number of halogens is 1. The molecule has 1 saturated heterocycles. The van der Waals surface area contributed by atoms with E-state index >= 15 is 0 Å². The fourth-order valence-electron chi connectivity index (χ4n) is 1.85. The van der Waals surface area contributed by atoms with Gasteiger partial charge in [-0.1, -0.05) is 11.6 Å². The molecule has 0 spiro atoms. The fraction of sp³-hybridized carbons (Fsp3) is 0.417. The molecule has 1 amide bonds. The maximum absolute atomic E-state index is 11.8. The summed E-state index contributed by atoms with van der Waals surface area (Å²) in [6.07, 6.45) is 1.48. The van der Waals surface area contributed by atoms with Crippen LogP contribution in [-0.2, 0) is 14.8 Å². The van der Waals surface area contributed by atoms with Crippen molar-refractivity contribution < 1.29 is 13.2 Å². The molecule has 0 atom stereocenters. The van der Waals surface area contributed by atoms with Gasteiger partial charge in [-0.25, -0.2) is 8.42 Å². The van der Waals surface area contributed by atoms with Crippen LogP contribution < -0.4 is 15.4 Å². The Kier molecular flexibility index (Phi) is 4.52. The van der Waals surface area contributed by atoms with E-state index in [9.17, 15) is 13.2 Å². The van der Waals surface area contributed by atoms with Gasteiger partial charge in [0.25, 0.3) is 0 Å². The Hall–Kier alpha value is -1.31. The zero-order chi connectivity index (χ0) is 14.8. The molecule has 3 N–H and O–H groups in total. The second-order valence-electron chi connectivity index (χ2n) is 4.85. The van der Waals surface area contributed by atoms with Crippen LogP contribution in [0.3, 0.4) is 0 Å². The Morgan fingerprint density at radius 3 is 2.70 bits per heavy atom. The van der Waals surface area contributed by atoms with Crippen molar-refractivity contribution in [2.45, 2.75) is 6.42 Å². The lowest BCUT2D eigenvalue weighted by Crippen LogP contribution is -2.43. The van der Waals surface area contributed by atoms with E-state index in [0.29, 0.717) is 28.7 Å². The predicted molar refractivity (Wildman–Crippen MR) is 79.5 cm³/mol. The van der Waals surface area contributed by atoms with Crippen molar-refractivity contribution in [3.05, 3.63) is 23.2 Å². The second kappa shape index (κ2) is 5.99. The molecule has 110 valence electrons. The van der Waals surface area contributed by atoms with Gasteiger partial charge < -0.3 is 10.6 Å². The van der Waals surface area contributed by atoms with Crippen LogP contribution in [0, 0.1) is 5.92 Å². The number of hydrogen-bond acceptors (Lipinski definition) is 4. The SMILES string of the molecule is CS(=O)(=O)Nc1ccc(Cl)c(NC(=O)CC2CNC2)c1. The monoisotopic (exact) mass is 317 g/mol. The molecule has 0 radical (unpaired) electrons. The molecule has 0 aromatic heterocycles. The third kappa shape index (κ3) is 4.36. The Morgan fingerprint density at radius 1 is 1.45 bits per heavy atom. The minimum atomic E-state index is -3.36. The number of amides is 1. The van der Waals surface area contributed by atoms with Crippen LogP contribution >= 0.6 is 11.6 Å². The summed E-state index contributed by atoms with van der Waals surface area (Å²) < 4.78 is 24.7. The molecular weight excluding hydrogens is 302 g/mol. The lowest BCUT2D eigenvalue weighted by Gasteiger charge is -2.26. The third-order valence-corrected chi connectivity index (χ3v) is 3.82. The minimum Gasteiger partial charge on any atom is -0.325 e. The number of nitrogens with one attached hydrogen (secondary N) is 3. The lowest BCUT2D eigenvalue weighted by atomic mass is 9.99. The third-order valence-electron chi connectivity index (χ3n) is 2.88. The molecule has 2 rings (SSSR count). The summed E-state index contributed by atoms with van der Waals surface area (Å²) in [6.45, 7) is 1.69. The molecule has 6 nitrogen and oxygen atoms in total. The van der Waals surface area contributed by atoms with E-state index in [1.807, 2.05) is 0 Å². The number of carbonyl (C=O) groups is 1. The molecule has 20 heavy (non-hydrogen) atoms. The average Bonchev–Trinajstić information content (AvgIpc) is 2.26. The van der Waals surface area contributed by atoms with E-state index in [1.54, 1.807) is 0 Å². The minimum absolute atomic E-state index is 0.130. The lowest BCUT2D eigenvalue weighted by molar-refractivity contribution is -0.117. The smallest absolute Gasteiger partial charge is 0.229 e. The topological polar surface area (TPSA) is 87.3 Å². The second-order valence-corrected chi connectivity index (χ2v) is 7.00. The van der Waals surface area contributed by atoms with E-state index in [2.05, 4.69) is 15.4 Å². The van der Waals surface area contributed by atoms with Gasteiger partial charge in [-0.2, -0.15) is 0 Å². The Morgan fingerprint density at radius 2 is 2.15 bits per heavy atom. The van der Waals surface area contributed by atoms with Gasteiger partial charge in [0.15, 0.2) is 0 Å². The Bertz CT molecular complexity index is 614. The van der Waals surface area contributed by atoms with E-state index in [4.69, 9.17) is 11.6 Å². The molecule has 1 aliphatic heterocycles. The van der Waals surface area contributed by atoms with Crippen LogP contribution in [0.4, 0.5) is 11.4 Å².